The molecule has 2 saturated heterocycles. The summed E-state index contributed by atoms with van der Waals surface area (Å²) in [6, 6.07) is 6.96. The Labute approximate surface area is 242 Å². The number of hydrogen-bond donors (Lipinski definition) is 2. The number of amides is 2. The summed E-state index contributed by atoms with van der Waals surface area (Å²) in [6.45, 7) is 7.78. The van der Waals surface area contributed by atoms with E-state index in [4.69, 9.17) is 14.1 Å². The lowest BCUT2D eigenvalue weighted by Gasteiger charge is -2.25. The molecule has 5 rings (SSSR count). The van der Waals surface area contributed by atoms with Gasteiger partial charge in [0.1, 0.15) is 22.3 Å². The number of nitrogens with one attached hydrogen (secondary N) is 2. The van der Waals surface area contributed by atoms with Gasteiger partial charge in [-0.05, 0) is 77.1 Å². The highest BCUT2D eigenvalue weighted by Gasteiger charge is 2.30. The third-order valence-electron chi connectivity index (χ3n) is 7.21. The number of guanidine groups is 1. The normalized spacial score (nSPS) is 18.1. The van der Waals surface area contributed by atoms with Gasteiger partial charge in [0, 0.05) is 30.7 Å². The molecule has 2 amide bonds. The number of rotatable bonds is 7. The Balaban J connectivity index is 1.41. The summed E-state index contributed by atoms with van der Waals surface area (Å²) in [6.07, 6.45) is 4.19. The van der Waals surface area contributed by atoms with E-state index in [1.807, 2.05) is 36.1 Å². The third-order valence-corrected chi connectivity index (χ3v) is 8.26. The number of aryl methyl sites for hydroxylation is 2. The molecule has 218 valence electrons. The standard InChI is InChI=1S/C29H36N6O5S/c1-4-39-27(38)25-19(3)30-29(41-25)33-28(31-21-10-11-23-20(16-21)15-18(2)40-23)32-22-9-5-6-14-35(26(22)37)17-24(36)34-12-7-8-13-34/h10-11,15-16,22H,4-9,12-14,17H2,1-3H3,(H2,30,31,32,33)/t22-/m0/s1. The number of carbonyl (C=O) groups is 3. The smallest absolute Gasteiger partial charge is 0.350 e. The summed E-state index contributed by atoms with van der Waals surface area (Å²) in [7, 11) is 0. The number of likely N-dealkylation sites (tertiary alicyclic amines) is 2. The van der Waals surface area contributed by atoms with Gasteiger partial charge < -0.3 is 29.6 Å². The maximum Gasteiger partial charge on any atom is 0.350 e. The molecule has 2 aliphatic rings. The highest BCUT2D eigenvalue weighted by Crippen LogP contribution is 2.26. The molecule has 2 N–H and O–H groups in total. The number of benzene rings is 1. The molecule has 0 unspecified atom stereocenters. The monoisotopic (exact) mass is 580 g/mol. The molecule has 4 heterocycles. The van der Waals surface area contributed by atoms with Crippen molar-refractivity contribution in [2.75, 3.05) is 43.4 Å². The minimum absolute atomic E-state index is 0.00887. The summed E-state index contributed by atoms with van der Waals surface area (Å²) >= 11 is 1.16. The minimum atomic E-state index is -0.677. The number of nitrogens with zero attached hydrogens (tertiary/aromatic N) is 4. The van der Waals surface area contributed by atoms with Crippen LogP contribution in [0.3, 0.4) is 0 Å². The second kappa shape index (κ2) is 12.7. The van der Waals surface area contributed by atoms with Crippen molar-refractivity contribution in [2.45, 2.75) is 58.9 Å². The maximum atomic E-state index is 13.6. The molecular weight excluding hydrogens is 544 g/mol. The van der Waals surface area contributed by atoms with Gasteiger partial charge in [-0.1, -0.05) is 11.3 Å². The zero-order valence-corrected chi connectivity index (χ0v) is 24.5. The molecule has 3 aromatic rings. The first-order valence-corrected chi connectivity index (χ1v) is 15.0. The fourth-order valence-corrected chi connectivity index (χ4v) is 6.03. The molecule has 2 aromatic heterocycles. The number of thiazole rings is 1. The van der Waals surface area contributed by atoms with Crippen LogP contribution in [0.1, 0.15) is 60.2 Å². The molecule has 2 fully saturated rings. The van der Waals surface area contributed by atoms with E-state index in [1.54, 1.807) is 18.7 Å². The van der Waals surface area contributed by atoms with E-state index in [0.29, 0.717) is 34.6 Å². The van der Waals surface area contributed by atoms with E-state index in [-0.39, 0.29) is 25.0 Å². The van der Waals surface area contributed by atoms with Gasteiger partial charge in [-0.15, -0.1) is 0 Å². The van der Waals surface area contributed by atoms with Crippen LogP contribution in [-0.2, 0) is 14.3 Å². The first-order chi connectivity index (χ1) is 19.8. The van der Waals surface area contributed by atoms with Crippen molar-refractivity contribution in [1.82, 2.24) is 14.8 Å². The lowest BCUT2D eigenvalue weighted by molar-refractivity contribution is -0.140. The number of furan rings is 1. The highest BCUT2D eigenvalue weighted by molar-refractivity contribution is 7.17. The number of fused-ring (bicyclic) bond motifs is 1. The Morgan fingerprint density at radius 2 is 1.90 bits per heavy atom. The summed E-state index contributed by atoms with van der Waals surface area (Å²) < 4.78 is 10.9. The van der Waals surface area contributed by atoms with E-state index < -0.39 is 12.0 Å². The number of esters is 1. The van der Waals surface area contributed by atoms with Crippen LogP contribution in [-0.4, -0.2) is 77.4 Å². The van der Waals surface area contributed by atoms with E-state index >= 15 is 0 Å². The number of aliphatic imine (C=N–C) groups is 1. The van der Waals surface area contributed by atoms with Crippen LogP contribution >= 0.6 is 11.3 Å². The minimum Gasteiger partial charge on any atom is -0.462 e. The van der Waals surface area contributed by atoms with Crippen LogP contribution in [0.4, 0.5) is 10.8 Å². The van der Waals surface area contributed by atoms with Gasteiger partial charge in [-0.3, -0.25) is 9.59 Å². The summed E-state index contributed by atoms with van der Waals surface area (Å²) in [5, 5.41) is 7.87. The second-order valence-electron chi connectivity index (χ2n) is 10.4. The molecule has 11 nitrogen and oxygen atoms in total. The van der Waals surface area contributed by atoms with E-state index in [1.165, 1.54) is 0 Å². The molecule has 0 radical (unpaired) electrons. The van der Waals surface area contributed by atoms with Crippen LogP contribution in [0.15, 0.2) is 33.7 Å². The van der Waals surface area contributed by atoms with Gasteiger partial charge in [-0.25, -0.2) is 14.8 Å². The van der Waals surface area contributed by atoms with Gasteiger partial charge in [0.25, 0.3) is 0 Å². The number of aromatic nitrogens is 1. The molecular formula is C29H36N6O5S. The topological polar surface area (TPSA) is 129 Å². The average molecular weight is 581 g/mol. The van der Waals surface area contributed by atoms with Crippen molar-refractivity contribution in [3.8, 4) is 0 Å². The predicted molar refractivity (Wildman–Crippen MR) is 158 cm³/mol. The van der Waals surface area contributed by atoms with Gasteiger partial charge in [0.2, 0.25) is 17.8 Å². The van der Waals surface area contributed by atoms with Crippen molar-refractivity contribution in [2.24, 2.45) is 4.99 Å². The molecule has 1 aromatic carbocycles. The van der Waals surface area contributed by atoms with Crippen LogP contribution < -0.4 is 10.6 Å². The molecule has 12 heteroatoms. The first-order valence-electron chi connectivity index (χ1n) is 14.1. The fourth-order valence-electron chi connectivity index (χ4n) is 5.17. The summed E-state index contributed by atoms with van der Waals surface area (Å²) in [4.78, 5) is 52.1. The Bertz CT molecular complexity index is 1460. The van der Waals surface area contributed by atoms with Gasteiger partial charge in [-0.2, -0.15) is 0 Å². The molecule has 0 bridgehead atoms. The SMILES string of the molecule is CCOC(=O)c1sc(NC(=N[C@H]2CCCCN(CC(=O)N3CCCC3)C2=O)Nc2ccc3oc(C)cc3c2)nc1C. The molecule has 1 atom stereocenters. The lowest BCUT2D eigenvalue weighted by Crippen LogP contribution is -2.45. The van der Waals surface area contributed by atoms with Crippen molar-refractivity contribution in [3.05, 3.63) is 40.6 Å². The van der Waals surface area contributed by atoms with Crippen LogP contribution in [0.2, 0.25) is 0 Å². The maximum absolute atomic E-state index is 13.6. The third kappa shape index (κ3) is 6.87. The zero-order valence-electron chi connectivity index (χ0n) is 23.7. The largest absolute Gasteiger partial charge is 0.462 e. The van der Waals surface area contributed by atoms with E-state index in [2.05, 4.69) is 15.6 Å². The van der Waals surface area contributed by atoms with Crippen molar-refractivity contribution < 1.29 is 23.5 Å². The van der Waals surface area contributed by atoms with Crippen molar-refractivity contribution in [3.63, 3.8) is 0 Å². The molecule has 0 saturated carbocycles. The van der Waals surface area contributed by atoms with Gasteiger partial charge in [0.05, 0.1) is 18.8 Å². The predicted octanol–water partition coefficient (Wildman–Crippen LogP) is 4.57. The molecule has 0 spiro atoms. The Hall–Kier alpha value is -3.93. The van der Waals surface area contributed by atoms with Gasteiger partial charge in [0.15, 0.2) is 5.13 Å². The Morgan fingerprint density at radius 3 is 2.68 bits per heavy atom. The highest BCUT2D eigenvalue weighted by atomic mass is 32.1. The summed E-state index contributed by atoms with van der Waals surface area (Å²) in [5.74, 6) is 0.520. The Kier molecular flexibility index (Phi) is 8.87. The molecule has 2 aliphatic heterocycles. The number of hydrogen-bond acceptors (Lipinski definition) is 8. The molecule has 0 aliphatic carbocycles. The van der Waals surface area contributed by atoms with E-state index in [9.17, 15) is 14.4 Å². The second-order valence-corrected chi connectivity index (χ2v) is 11.3. The summed E-state index contributed by atoms with van der Waals surface area (Å²) in [5.41, 5.74) is 2.06. The van der Waals surface area contributed by atoms with E-state index in [0.717, 1.165) is 72.5 Å². The zero-order chi connectivity index (χ0) is 28.9. The Morgan fingerprint density at radius 1 is 1.12 bits per heavy atom. The first kappa shape index (κ1) is 28.6. The van der Waals surface area contributed by atoms with Crippen LogP contribution in [0.5, 0.6) is 0 Å². The number of anilines is 2. The van der Waals surface area contributed by atoms with Crippen molar-refractivity contribution >= 4 is 56.9 Å². The van der Waals surface area contributed by atoms with Gasteiger partial charge >= 0.3 is 5.97 Å². The van der Waals surface area contributed by atoms with Crippen LogP contribution in [0, 0.1) is 13.8 Å². The van der Waals surface area contributed by atoms with Crippen molar-refractivity contribution in [1.29, 1.82) is 0 Å². The molecule has 41 heavy (non-hydrogen) atoms. The number of ether oxygens (including phenoxy) is 1. The average Bonchev–Trinajstić information content (AvgIpc) is 3.66. The van der Waals surface area contributed by atoms with Crippen LogP contribution in [0.25, 0.3) is 11.0 Å². The lowest BCUT2D eigenvalue weighted by atomic mass is 10.1. The fraction of sp³-hybridized carbons (Fsp3) is 0.483. The quantitative estimate of drug-likeness (QED) is 0.236. The number of carbonyl (C=O) groups excluding carboxylic acids is 3.